The Kier molecular flexibility index (Phi) is 5.90. The first kappa shape index (κ1) is 21.5. The van der Waals surface area contributed by atoms with E-state index < -0.39 is 33.9 Å². The zero-order valence-corrected chi connectivity index (χ0v) is 17.5. The second-order valence-corrected chi connectivity index (χ2v) is 8.74. The first-order valence-corrected chi connectivity index (χ1v) is 10.4. The minimum absolute atomic E-state index is 0.0685. The lowest BCUT2D eigenvalue weighted by atomic mass is 10.3. The van der Waals surface area contributed by atoms with E-state index in [0.29, 0.717) is 11.4 Å². The van der Waals surface area contributed by atoms with Crippen LogP contribution in [0.15, 0.2) is 64.3 Å². The van der Waals surface area contributed by atoms with Gasteiger partial charge in [-0.25, -0.2) is 17.5 Å². The Morgan fingerprint density at radius 1 is 1.10 bits per heavy atom. The molecular weight excluding hydrogens is 411 g/mol. The van der Waals surface area contributed by atoms with Gasteiger partial charge in [-0.05, 0) is 43.3 Å². The van der Waals surface area contributed by atoms with E-state index in [1.165, 1.54) is 11.7 Å². The molecule has 1 amide bonds. The van der Waals surface area contributed by atoms with Gasteiger partial charge in [0.2, 0.25) is 15.9 Å². The van der Waals surface area contributed by atoms with E-state index in [1.54, 1.807) is 42.9 Å². The fraction of sp³-hybridized carbons (Fsp3) is 0.200. The van der Waals surface area contributed by atoms with Crippen LogP contribution in [-0.2, 0) is 21.9 Å². The van der Waals surface area contributed by atoms with Gasteiger partial charge in [-0.2, -0.15) is 4.31 Å². The molecule has 0 fully saturated rings. The fourth-order valence-corrected chi connectivity index (χ4v) is 4.09. The van der Waals surface area contributed by atoms with Crippen molar-refractivity contribution in [1.82, 2.24) is 13.7 Å². The summed E-state index contributed by atoms with van der Waals surface area (Å²) in [5.41, 5.74) is 0.781. The SMILES string of the molecule is Cc1c(NC(=O)CN(C)S(=O)(=O)c2ccc(F)cc2)c(=O)n(-c2ccccc2)n1C. The lowest BCUT2D eigenvalue weighted by Gasteiger charge is -2.16. The van der Waals surface area contributed by atoms with Crippen LogP contribution < -0.4 is 10.9 Å². The molecule has 30 heavy (non-hydrogen) atoms. The summed E-state index contributed by atoms with van der Waals surface area (Å²) < 4.78 is 42.0. The van der Waals surface area contributed by atoms with Crippen LogP contribution >= 0.6 is 0 Å². The van der Waals surface area contributed by atoms with E-state index in [9.17, 15) is 22.4 Å². The second kappa shape index (κ2) is 8.25. The predicted octanol–water partition coefficient (Wildman–Crippen LogP) is 1.88. The van der Waals surface area contributed by atoms with E-state index in [2.05, 4.69) is 5.32 Å². The fourth-order valence-electron chi connectivity index (χ4n) is 2.96. The Balaban J connectivity index is 1.81. The highest BCUT2D eigenvalue weighted by Gasteiger charge is 2.24. The number of hydrogen-bond donors (Lipinski definition) is 1. The number of carbonyl (C=O) groups is 1. The topological polar surface area (TPSA) is 93.4 Å². The van der Waals surface area contributed by atoms with Gasteiger partial charge in [0.05, 0.1) is 22.8 Å². The van der Waals surface area contributed by atoms with E-state index in [4.69, 9.17) is 0 Å². The summed E-state index contributed by atoms with van der Waals surface area (Å²) in [5, 5.41) is 2.51. The van der Waals surface area contributed by atoms with Crippen LogP contribution in [0, 0.1) is 12.7 Å². The van der Waals surface area contributed by atoms with Crippen LogP contribution in [-0.4, -0.2) is 41.6 Å². The number of benzene rings is 2. The van der Waals surface area contributed by atoms with Gasteiger partial charge in [-0.1, -0.05) is 18.2 Å². The quantitative estimate of drug-likeness (QED) is 0.644. The third kappa shape index (κ3) is 4.05. The van der Waals surface area contributed by atoms with Crippen LogP contribution in [0.3, 0.4) is 0 Å². The molecule has 3 rings (SSSR count). The molecule has 1 N–H and O–H groups in total. The number of aromatic nitrogens is 2. The summed E-state index contributed by atoms with van der Waals surface area (Å²) in [5.74, 6) is -1.24. The first-order chi connectivity index (χ1) is 14.1. The number of carbonyl (C=O) groups excluding carboxylic acids is 1. The molecule has 0 unspecified atom stereocenters. The molecule has 1 aromatic heterocycles. The van der Waals surface area contributed by atoms with Gasteiger partial charge in [0, 0.05) is 14.1 Å². The van der Waals surface area contributed by atoms with E-state index >= 15 is 0 Å². The van der Waals surface area contributed by atoms with Gasteiger partial charge in [-0.15, -0.1) is 0 Å². The van der Waals surface area contributed by atoms with Crippen molar-refractivity contribution in [3.05, 3.63) is 76.5 Å². The largest absolute Gasteiger partial charge is 0.319 e. The summed E-state index contributed by atoms with van der Waals surface area (Å²) in [6.07, 6.45) is 0. The van der Waals surface area contributed by atoms with Crippen molar-refractivity contribution in [3.8, 4) is 5.69 Å². The number of anilines is 1. The number of nitrogens with zero attached hydrogens (tertiary/aromatic N) is 3. The Hall–Kier alpha value is -3.24. The molecule has 0 aliphatic heterocycles. The highest BCUT2D eigenvalue weighted by molar-refractivity contribution is 7.89. The summed E-state index contributed by atoms with van der Waals surface area (Å²) in [6.45, 7) is 1.16. The standard InChI is InChI=1S/C20H21FN4O4S/c1-14-19(20(27)25(24(14)3)16-7-5-4-6-8-16)22-18(26)13-23(2)30(28,29)17-11-9-15(21)10-12-17/h4-12H,13H2,1-3H3,(H,22,26). The minimum Gasteiger partial charge on any atom is -0.319 e. The third-order valence-corrected chi connectivity index (χ3v) is 6.52. The molecule has 0 radical (unpaired) electrons. The second-order valence-electron chi connectivity index (χ2n) is 6.70. The Morgan fingerprint density at radius 2 is 1.70 bits per heavy atom. The average molecular weight is 432 g/mol. The molecule has 0 aliphatic carbocycles. The molecule has 10 heteroatoms. The van der Waals surface area contributed by atoms with Crippen molar-refractivity contribution in [3.63, 3.8) is 0 Å². The molecule has 2 aromatic carbocycles. The molecule has 3 aromatic rings. The number of sulfonamides is 1. The average Bonchev–Trinajstić information content (AvgIpc) is 2.92. The smallest absolute Gasteiger partial charge is 0.295 e. The Morgan fingerprint density at radius 3 is 2.30 bits per heavy atom. The maximum absolute atomic E-state index is 13.1. The lowest BCUT2D eigenvalue weighted by Crippen LogP contribution is -2.35. The molecule has 8 nitrogen and oxygen atoms in total. The Labute approximate surface area is 173 Å². The number of hydrogen-bond acceptors (Lipinski definition) is 4. The van der Waals surface area contributed by atoms with Crippen molar-refractivity contribution < 1.29 is 17.6 Å². The molecule has 0 bridgehead atoms. The van der Waals surface area contributed by atoms with Crippen molar-refractivity contribution >= 4 is 21.6 Å². The van der Waals surface area contributed by atoms with Gasteiger partial charge in [0.1, 0.15) is 11.5 Å². The van der Waals surface area contributed by atoms with Crippen LogP contribution in [0.25, 0.3) is 5.69 Å². The van der Waals surface area contributed by atoms with Crippen molar-refractivity contribution in [2.24, 2.45) is 7.05 Å². The molecule has 0 saturated carbocycles. The molecule has 158 valence electrons. The predicted molar refractivity (Wildman–Crippen MR) is 111 cm³/mol. The molecule has 0 spiro atoms. The summed E-state index contributed by atoms with van der Waals surface area (Å²) in [6, 6.07) is 13.2. The monoisotopic (exact) mass is 432 g/mol. The molecular formula is C20H21FN4O4S. The van der Waals surface area contributed by atoms with Gasteiger partial charge in [0.15, 0.2) is 0 Å². The zero-order chi connectivity index (χ0) is 22.1. The summed E-state index contributed by atoms with van der Waals surface area (Å²) in [7, 11) is -1.07. The number of amides is 1. The van der Waals surface area contributed by atoms with Crippen LogP contribution in [0.5, 0.6) is 0 Å². The lowest BCUT2D eigenvalue weighted by molar-refractivity contribution is -0.116. The first-order valence-electron chi connectivity index (χ1n) is 8.98. The number of nitrogens with one attached hydrogen (secondary N) is 1. The highest BCUT2D eigenvalue weighted by Crippen LogP contribution is 2.16. The normalized spacial score (nSPS) is 11.6. The summed E-state index contributed by atoms with van der Waals surface area (Å²) in [4.78, 5) is 25.2. The minimum atomic E-state index is -3.99. The number of likely N-dealkylation sites (N-methyl/N-ethyl adjacent to an activating group) is 1. The maximum Gasteiger partial charge on any atom is 0.295 e. The number of rotatable bonds is 6. The molecule has 0 atom stereocenters. The van der Waals surface area contributed by atoms with Crippen molar-refractivity contribution in [2.45, 2.75) is 11.8 Å². The summed E-state index contributed by atoms with van der Waals surface area (Å²) >= 11 is 0. The van der Waals surface area contributed by atoms with Gasteiger partial charge >= 0.3 is 0 Å². The third-order valence-electron chi connectivity index (χ3n) is 4.71. The number of halogens is 1. The van der Waals surface area contributed by atoms with E-state index in [1.807, 2.05) is 6.07 Å². The van der Waals surface area contributed by atoms with Gasteiger partial charge < -0.3 is 5.32 Å². The van der Waals surface area contributed by atoms with Crippen LogP contribution in [0.2, 0.25) is 0 Å². The number of para-hydroxylation sites is 1. The van der Waals surface area contributed by atoms with Crippen LogP contribution in [0.1, 0.15) is 5.69 Å². The highest BCUT2D eigenvalue weighted by atomic mass is 32.2. The van der Waals surface area contributed by atoms with Crippen molar-refractivity contribution in [2.75, 3.05) is 18.9 Å². The molecule has 0 aliphatic rings. The van der Waals surface area contributed by atoms with Gasteiger partial charge in [-0.3, -0.25) is 14.3 Å². The van der Waals surface area contributed by atoms with Gasteiger partial charge in [0.25, 0.3) is 5.56 Å². The van der Waals surface area contributed by atoms with E-state index in [0.717, 1.165) is 28.6 Å². The molecule has 0 saturated heterocycles. The van der Waals surface area contributed by atoms with Crippen molar-refractivity contribution in [1.29, 1.82) is 0 Å². The molecule has 1 heterocycles. The zero-order valence-electron chi connectivity index (χ0n) is 16.7. The Bertz CT molecular complexity index is 1230. The van der Waals surface area contributed by atoms with E-state index in [-0.39, 0.29) is 10.6 Å². The maximum atomic E-state index is 13.1. The van der Waals surface area contributed by atoms with Crippen LogP contribution in [0.4, 0.5) is 10.1 Å².